The Morgan fingerprint density at radius 3 is 2.44 bits per heavy atom. The summed E-state index contributed by atoms with van der Waals surface area (Å²) in [6.07, 6.45) is -1.35. The summed E-state index contributed by atoms with van der Waals surface area (Å²) in [5.74, 6) is -2.18. The van der Waals surface area contributed by atoms with E-state index in [9.17, 15) is 24.3 Å². The lowest BCUT2D eigenvalue weighted by Crippen LogP contribution is -2.71. The molecule has 2 saturated heterocycles. The molecule has 3 atom stereocenters. The van der Waals surface area contributed by atoms with Gasteiger partial charge in [-0.1, -0.05) is 48.0 Å². The van der Waals surface area contributed by atoms with Crippen LogP contribution in [0.1, 0.15) is 11.1 Å². The molecule has 2 N–H and O–H groups in total. The number of carbonyl (C=O) groups excluding carboxylic acids is 3. The standard InChI is InChI=1S/C23H23N3O6/c1-14-7-9-15(10-8-14)11-19(28)25-12-17-20(22(29)26(17)21(25)23(30)31)24-18(27)13-32-16-5-3-2-4-6-16/h2-10,17,20-21H,11-13H2,1H3,(H,24,27)(H,30,31)/t17?,20-,21?/m0/s1. The smallest absolute Gasteiger partial charge is 0.347 e. The third-order valence-corrected chi connectivity index (χ3v) is 5.65. The highest BCUT2D eigenvalue weighted by atomic mass is 16.5. The van der Waals surface area contributed by atoms with E-state index >= 15 is 0 Å². The van der Waals surface area contributed by atoms with Crippen molar-refractivity contribution in [3.05, 3.63) is 65.7 Å². The number of β-lactam (4-membered cyclic amide) rings is 1. The van der Waals surface area contributed by atoms with Crippen LogP contribution in [0.2, 0.25) is 0 Å². The van der Waals surface area contributed by atoms with Crippen LogP contribution in [-0.2, 0) is 25.6 Å². The molecule has 32 heavy (non-hydrogen) atoms. The Kier molecular flexibility index (Phi) is 5.81. The Balaban J connectivity index is 1.39. The summed E-state index contributed by atoms with van der Waals surface area (Å²) in [7, 11) is 0. The van der Waals surface area contributed by atoms with Gasteiger partial charge >= 0.3 is 5.97 Å². The van der Waals surface area contributed by atoms with Crippen LogP contribution in [0.3, 0.4) is 0 Å². The van der Waals surface area contributed by atoms with Crippen molar-refractivity contribution in [2.45, 2.75) is 31.6 Å². The van der Waals surface area contributed by atoms with E-state index < -0.39 is 36.0 Å². The molecule has 9 nitrogen and oxygen atoms in total. The maximum atomic E-state index is 12.8. The fourth-order valence-electron chi connectivity index (χ4n) is 4.03. The first-order valence-electron chi connectivity index (χ1n) is 10.2. The lowest BCUT2D eigenvalue weighted by Gasteiger charge is -2.43. The van der Waals surface area contributed by atoms with E-state index in [4.69, 9.17) is 4.74 Å². The molecule has 2 aromatic rings. The van der Waals surface area contributed by atoms with E-state index in [0.717, 1.165) is 16.0 Å². The van der Waals surface area contributed by atoms with Crippen molar-refractivity contribution < 1.29 is 29.0 Å². The summed E-state index contributed by atoms with van der Waals surface area (Å²) in [5.41, 5.74) is 1.81. The number of ether oxygens (including phenoxy) is 1. The van der Waals surface area contributed by atoms with Crippen molar-refractivity contribution in [2.75, 3.05) is 13.2 Å². The SMILES string of the molecule is Cc1ccc(CC(=O)N2CC3[C@H](NC(=O)COc4ccccc4)C(=O)N3C2C(=O)O)cc1. The molecule has 4 rings (SSSR count). The van der Waals surface area contributed by atoms with Gasteiger partial charge in [0.25, 0.3) is 5.91 Å². The van der Waals surface area contributed by atoms with Crippen molar-refractivity contribution in [1.82, 2.24) is 15.1 Å². The number of hydrogen-bond donors (Lipinski definition) is 2. The number of rotatable bonds is 7. The number of nitrogens with zero attached hydrogens (tertiary/aromatic N) is 2. The highest BCUT2D eigenvalue weighted by Crippen LogP contribution is 2.33. The number of amides is 3. The fourth-order valence-corrected chi connectivity index (χ4v) is 4.03. The maximum absolute atomic E-state index is 12.8. The van der Waals surface area contributed by atoms with Gasteiger partial charge in [0, 0.05) is 6.54 Å². The molecule has 0 radical (unpaired) electrons. The Morgan fingerprint density at radius 1 is 1.09 bits per heavy atom. The lowest BCUT2D eigenvalue weighted by molar-refractivity contribution is -0.166. The van der Waals surface area contributed by atoms with Crippen molar-refractivity contribution in [1.29, 1.82) is 0 Å². The molecule has 9 heteroatoms. The number of carbonyl (C=O) groups is 4. The monoisotopic (exact) mass is 437 g/mol. The van der Waals surface area contributed by atoms with Crippen LogP contribution in [0.5, 0.6) is 5.75 Å². The second-order valence-electron chi connectivity index (χ2n) is 7.88. The molecular formula is C23H23N3O6. The molecule has 0 aromatic heterocycles. The minimum atomic E-state index is -1.38. The summed E-state index contributed by atoms with van der Waals surface area (Å²) in [4.78, 5) is 51.9. The second kappa shape index (κ2) is 8.70. The lowest BCUT2D eigenvalue weighted by atomic mass is 9.96. The molecular weight excluding hydrogens is 414 g/mol. The quantitative estimate of drug-likeness (QED) is 0.612. The molecule has 0 bridgehead atoms. The minimum absolute atomic E-state index is 0.0285. The van der Waals surface area contributed by atoms with Crippen LogP contribution >= 0.6 is 0 Å². The van der Waals surface area contributed by atoms with Crippen molar-refractivity contribution >= 4 is 23.7 Å². The number of nitrogens with one attached hydrogen (secondary N) is 1. The van der Waals surface area contributed by atoms with E-state index in [2.05, 4.69) is 5.32 Å². The van der Waals surface area contributed by atoms with Gasteiger partial charge in [-0.05, 0) is 24.6 Å². The van der Waals surface area contributed by atoms with E-state index in [0.29, 0.717) is 5.75 Å². The molecule has 166 valence electrons. The fraction of sp³-hybridized carbons (Fsp3) is 0.304. The molecule has 0 spiro atoms. The number of carboxylic acid groups (broad SMARTS) is 1. The average Bonchev–Trinajstić information content (AvgIpc) is 3.15. The highest BCUT2D eigenvalue weighted by Gasteiger charge is 2.60. The second-order valence-corrected chi connectivity index (χ2v) is 7.88. The van der Waals surface area contributed by atoms with Gasteiger partial charge in [0.15, 0.2) is 6.61 Å². The number of aryl methyl sites for hydroxylation is 1. The maximum Gasteiger partial charge on any atom is 0.347 e. The Morgan fingerprint density at radius 2 is 1.78 bits per heavy atom. The summed E-state index contributed by atoms with van der Waals surface area (Å²) in [6, 6.07) is 14.7. The van der Waals surface area contributed by atoms with Crippen molar-refractivity contribution in [2.24, 2.45) is 0 Å². The zero-order valence-corrected chi connectivity index (χ0v) is 17.4. The molecule has 2 unspecified atom stereocenters. The number of benzene rings is 2. The van der Waals surface area contributed by atoms with Crippen LogP contribution in [0, 0.1) is 6.92 Å². The van der Waals surface area contributed by atoms with Crippen LogP contribution < -0.4 is 10.1 Å². The molecule has 2 aliphatic rings. The van der Waals surface area contributed by atoms with Gasteiger partial charge in [-0.15, -0.1) is 0 Å². The van der Waals surface area contributed by atoms with E-state index in [1.807, 2.05) is 37.3 Å². The van der Waals surface area contributed by atoms with Gasteiger partial charge in [-0.2, -0.15) is 0 Å². The normalized spacial score (nSPS) is 21.5. The van der Waals surface area contributed by atoms with Gasteiger partial charge in [0.2, 0.25) is 18.0 Å². The number of fused-ring (bicyclic) bond motifs is 1. The highest BCUT2D eigenvalue weighted by molar-refractivity contribution is 5.99. The van der Waals surface area contributed by atoms with Gasteiger partial charge in [-0.25, -0.2) is 4.79 Å². The third-order valence-electron chi connectivity index (χ3n) is 5.65. The summed E-state index contributed by atoms with van der Waals surface area (Å²) >= 11 is 0. The van der Waals surface area contributed by atoms with E-state index in [1.54, 1.807) is 24.3 Å². The largest absolute Gasteiger partial charge is 0.484 e. The van der Waals surface area contributed by atoms with Gasteiger partial charge < -0.3 is 25.0 Å². The molecule has 3 amide bonds. The van der Waals surface area contributed by atoms with Gasteiger partial charge in [-0.3, -0.25) is 14.4 Å². The zero-order chi connectivity index (χ0) is 22.8. The number of hydrogen-bond acceptors (Lipinski definition) is 5. The first-order chi connectivity index (χ1) is 15.3. The van der Waals surface area contributed by atoms with E-state index in [1.165, 1.54) is 4.90 Å². The number of carboxylic acids is 1. The third kappa shape index (κ3) is 4.14. The Bertz CT molecular complexity index is 1040. The molecule has 0 aliphatic carbocycles. The van der Waals surface area contributed by atoms with Crippen LogP contribution in [0.15, 0.2) is 54.6 Å². The number of para-hydroxylation sites is 1. The molecule has 2 fully saturated rings. The average molecular weight is 437 g/mol. The number of aliphatic carboxylic acids is 1. The molecule has 0 saturated carbocycles. The Labute approximate surface area is 184 Å². The minimum Gasteiger partial charge on any atom is -0.484 e. The van der Waals surface area contributed by atoms with Gasteiger partial charge in [0.05, 0.1) is 12.5 Å². The van der Waals surface area contributed by atoms with Crippen LogP contribution in [0.4, 0.5) is 0 Å². The first-order valence-corrected chi connectivity index (χ1v) is 10.2. The first kappa shape index (κ1) is 21.4. The van der Waals surface area contributed by atoms with Crippen molar-refractivity contribution in [3.8, 4) is 5.75 Å². The van der Waals surface area contributed by atoms with Gasteiger partial charge in [0.1, 0.15) is 11.8 Å². The summed E-state index contributed by atoms with van der Waals surface area (Å²) in [6.45, 7) is 1.69. The molecule has 2 heterocycles. The predicted octanol–water partition coefficient (Wildman–Crippen LogP) is 0.565. The zero-order valence-electron chi connectivity index (χ0n) is 17.4. The summed E-state index contributed by atoms with van der Waals surface area (Å²) < 4.78 is 5.38. The van der Waals surface area contributed by atoms with Crippen molar-refractivity contribution in [3.63, 3.8) is 0 Å². The van der Waals surface area contributed by atoms with Crippen LogP contribution in [0.25, 0.3) is 0 Å². The Hall–Kier alpha value is -3.88. The summed E-state index contributed by atoms with van der Waals surface area (Å²) in [5, 5.41) is 12.3. The van der Waals surface area contributed by atoms with Crippen LogP contribution in [-0.4, -0.2) is 70.0 Å². The van der Waals surface area contributed by atoms with E-state index in [-0.39, 0.29) is 25.5 Å². The molecule has 2 aliphatic heterocycles. The predicted molar refractivity (Wildman–Crippen MR) is 113 cm³/mol. The topological polar surface area (TPSA) is 116 Å². The molecule has 2 aromatic carbocycles.